The standard InChI is InChI=1S/C17H27N3O3S.ClH/c1-13(19-17(21)8-7-14-9-10-18-12-14)15-5-4-6-16(11-15)24(22,23)20(2)3;/h4-6,11,13-14,18H,7-10,12H2,1-3H3,(H,19,21);1H. The number of halogens is 1. The van der Waals surface area contributed by atoms with Gasteiger partial charge in [-0.1, -0.05) is 12.1 Å². The Morgan fingerprint density at radius 2 is 2.12 bits per heavy atom. The predicted molar refractivity (Wildman–Crippen MR) is 101 cm³/mol. The van der Waals surface area contributed by atoms with Crippen LogP contribution in [0.25, 0.3) is 0 Å². The summed E-state index contributed by atoms with van der Waals surface area (Å²) in [5.74, 6) is 0.592. The van der Waals surface area contributed by atoms with Crippen LogP contribution in [0, 0.1) is 5.92 Å². The Bertz CT molecular complexity index is 673. The van der Waals surface area contributed by atoms with Crippen LogP contribution in [0.15, 0.2) is 29.2 Å². The molecule has 1 heterocycles. The van der Waals surface area contributed by atoms with E-state index in [1.165, 1.54) is 18.4 Å². The third-order valence-corrected chi connectivity index (χ3v) is 6.27. The highest BCUT2D eigenvalue weighted by Gasteiger charge is 2.20. The number of benzene rings is 1. The average Bonchev–Trinajstić information content (AvgIpc) is 3.06. The van der Waals surface area contributed by atoms with Gasteiger partial charge in [0.15, 0.2) is 0 Å². The molecule has 2 N–H and O–H groups in total. The molecule has 0 spiro atoms. The number of amides is 1. The lowest BCUT2D eigenvalue weighted by molar-refractivity contribution is -0.122. The van der Waals surface area contributed by atoms with Crippen molar-refractivity contribution in [2.75, 3.05) is 27.2 Å². The Morgan fingerprint density at radius 1 is 1.40 bits per heavy atom. The maximum Gasteiger partial charge on any atom is 0.242 e. The summed E-state index contributed by atoms with van der Waals surface area (Å²) < 4.78 is 25.6. The van der Waals surface area contributed by atoms with Gasteiger partial charge < -0.3 is 10.6 Å². The number of nitrogens with zero attached hydrogens (tertiary/aromatic N) is 1. The van der Waals surface area contributed by atoms with Crippen LogP contribution in [-0.2, 0) is 14.8 Å². The van der Waals surface area contributed by atoms with Crippen molar-refractivity contribution in [3.05, 3.63) is 29.8 Å². The van der Waals surface area contributed by atoms with E-state index in [4.69, 9.17) is 0 Å². The van der Waals surface area contributed by atoms with Gasteiger partial charge in [0.25, 0.3) is 0 Å². The van der Waals surface area contributed by atoms with E-state index in [0.29, 0.717) is 12.3 Å². The summed E-state index contributed by atoms with van der Waals surface area (Å²) in [4.78, 5) is 12.4. The average molecular weight is 390 g/mol. The first kappa shape index (κ1) is 21.9. The Balaban J connectivity index is 0.00000312. The molecule has 1 aliphatic rings. The molecule has 142 valence electrons. The fourth-order valence-corrected chi connectivity index (χ4v) is 3.81. The van der Waals surface area contributed by atoms with E-state index in [2.05, 4.69) is 10.6 Å². The number of rotatable bonds is 7. The summed E-state index contributed by atoms with van der Waals surface area (Å²) >= 11 is 0. The highest BCUT2D eigenvalue weighted by molar-refractivity contribution is 7.89. The van der Waals surface area contributed by atoms with Crippen LogP contribution >= 0.6 is 12.4 Å². The van der Waals surface area contributed by atoms with Gasteiger partial charge in [0, 0.05) is 20.5 Å². The van der Waals surface area contributed by atoms with Crippen molar-refractivity contribution in [1.82, 2.24) is 14.9 Å². The number of nitrogens with one attached hydrogen (secondary N) is 2. The van der Waals surface area contributed by atoms with Crippen molar-refractivity contribution in [3.63, 3.8) is 0 Å². The third kappa shape index (κ3) is 5.95. The van der Waals surface area contributed by atoms with Gasteiger partial charge in [-0.2, -0.15) is 0 Å². The minimum atomic E-state index is -3.47. The Kier molecular flexibility index (Phi) is 8.34. The normalized spacial score (nSPS) is 18.6. The molecule has 0 aromatic heterocycles. The van der Waals surface area contributed by atoms with Crippen molar-refractivity contribution in [2.24, 2.45) is 5.92 Å². The minimum Gasteiger partial charge on any atom is -0.350 e. The molecule has 2 atom stereocenters. The van der Waals surface area contributed by atoms with Crippen LogP contribution in [0.5, 0.6) is 0 Å². The van der Waals surface area contributed by atoms with Gasteiger partial charge in [-0.25, -0.2) is 12.7 Å². The molecule has 1 aliphatic heterocycles. The minimum absolute atomic E-state index is 0. The van der Waals surface area contributed by atoms with Gasteiger partial charge in [0.05, 0.1) is 10.9 Å². The number of hydrogen-bond acceptors (Lipinski definition) is 4. The molecule has 2 rings (SSSR count). The molecule has 0 radical (unpaired) electrons. The Labute approximate surface area is 156 Å². The van der Waals surface area contributed by atoms with Gasteiger partial charge in [0.2, 0.25) is 15.9 Å². The number of hydrogen-bond donors (Lipinski definition) is 2. The molecule has 0 bridgehead atoms. The predicted octanol–water partition coefficient (Wildman–Crippen LogP) is 1.93. The van der Waals surface area contributed by atoms with Crippen molar-refractivity contribution < 1.29 is 13.2 Å². The smallest absolute Gasteiger partial charge is 0.242 e. The molecule has 2 unspecified atom stereocenters. The molecule has 1 saturated heterocycles. The molecule has 0 saturated carbocycles. The number of sulfonamides is 1. The zero-order valence-electron chi connectivity index (χ0n) is 15.0. The topological polar surface area (TPSA) is 78.5 Å². The summed E-state index contributed by atoms with van der Waals surface area (Å²) in [6.45, 7) is 3.90. The van der Waals surface area contributed by atoms with E-state index >= 15 is 0 Å². The van der Waals surface area contributed by atoms with Crippen molar-refractivity contribution in [1.29, 1.82) is 0 Å². The lowest BCUT2D eigenvalue weighted by Crippen LogP contribution is -2.27. The molecule has 8 heteroatoms. The third-order valence-electron chi connectivity index (χ3n) is 4.46. The van der Waals surface area contributed by atoms with Crippen molar-refractivity contribution in [2.45, 2.75) is 37.1 Å². The Morgan fingerprint density at radius 3 is 2.72 bits per heavy atom. The molecule has 6 nitrogen and oxygen atoms in total. The molecule has 25 heavy (non-hydrogen) atoms. The van der Waals surface area contributed by atoms with E-state index in [1.54, 1.807) is 18.2 Å². The molecule has 1 aromatic carbocycles. The maximum atomic E-state index is 12.2. The van der Waals surface area contributed by atoms with Gasteiger partial charge >= 0.3 is 0 Å². The van der Waals surface area contributed by atoms with Crippen molar-refractivity contribution in [3.8, 4) is 0 Å². The van der Waals surface area contributed by atoms with E-state index < -0.39 is 10.0 Å². The molecule has 0 aliphatic carbocycles. The van der Waals surface area contributed by atoms with Crippen molar-refractivity contribution >= 4 is 28.3 Å². The Hall–Kier alpha value is -1.15. The van der Waals surface area contributed by atoms with Gasteiger partial charge in [-0.05, 0) is 56.5 Å². The van der Waals surface area contributed by atoms with Gasteiger partial charge in [-0.15, -0.1) is 12.4 Å². The largest absolute Gasteiger partial charge is 0.350 e. The second kappa shape index (κ2) is 9.52. The summed E-state index contributed by atoms with van der Waals surface area (Å²) in [5.41, 5.74) is 0.786. The summed E-state index contributed by atoms with van der Waals surface area (Å²) in [7, 11) is -0.459. The van der Waals surface area contributed by atoms with Crippen LogP contribution in [-0.4, -0.2) is 45.8 Å². The monoisotopic (exact) mass is 389 g/mol. The second-order valence-corrected chi connectivity index (χ2v) is 8.70. The summed E-state index contributed by atoms with van der Waals surface area (Å²) in [6.07, 6.45) is 2.53. The van der Waals surface area contributed by atoms with E-state index in [0.717, 1.165) is 31.5 Å². The van der Waals surface area contributed by atoms with Crippen LogP contribution in [0.2, 0.25) is 0 Å². The highest BCUT2D eigenvalue weighted by atomic mass is 35.5. The number of carbonyl (C=O) groups excluding carboxylic acids is 1. The SMILES string of the molecule is CC(NC(=O)CCC1CCNC1)c1cccc(S(=O)(=O)N(C)C)c1.Cl. The molecular formula is C17H28ClN3O3S. The van der Waals surface area contributed by atoms with Gasteiger partial charge in [0.1, 0.15) is 0 Å². The van der Waals surface area contributed by atoms with Crippen LogP contribution in [0.4, 0.5) is 0 Å². The quantitative estimate of drug-likeness (QED) is 0.746. The van der Waals surface area contributed by atoms with E-state index in [-0.39, 0.29) is 29.3 Å². The summed E-state index contributed by atoms with van der Waals surface area (Å²) in [5, 5.41) is 6.26. The van der Waals surface area contributed by atoms with E-state index in [1.807, 2.05) is 13.0 Å². The van der Waals surface area contributed by atoms with Crippen LogP contribution in [0.1, 0.15) is 37.8 Å². The summed E-state index contributed by atoms with van der Waals surface area (Å²) in [6, 6.07) is 6.51. The molecule has 1 amide bonds. The second-order valence-electron chi connectivity index (χ2n) is 6.55. The lowest BCUT2D eigenvalue weighted by atomic mass is 10.0. The molecule has 1 fully saturated rings. The zero-order chi connectivity index (χ0) is 17.7. The number of carbonyl (C=O) groups is 1. The first-order valence-electron chi connectivity index (χ1n) is 8.33. The molecule has 1 aromatic rings. The molecular weight excluding hydrogens is 362 g/mol. The zero-order valence-corrected chi connectivity index (χ0v) is 16.6. The maximum absolute atomic E-state index is 12.2. The first-order chi connectivity index (χ1) is 11.3. The first-order valence-corrected chi connectivity index (χ1v) is 9.77. The highest BCUT2D eigenvalue weighted by Crippen LogP contribution is 2.20. The van der Waals surface area contributed by atoms with Crippen LogP contribution in [0.3, 0.4) is 0 Å². The fraction of sp³-hybridized carbons (Fsp3) is 0.588. The lowest BCUT2D eigenvalue weighted by Gasteiger charge is -2.17. The van der Waals surface area contributed by atoms with E-state index in [9.17, 15) is 13.2 Å². The van der Waals surface area contributed by atoms with Crippen LogP contribution < -0.4 is 10.6 Å². The fourth-order valence-electron chi connectivity index (χ4n) is 2.85. The van der Waals surface area contributed by atoms with Gasteiger partial charge in [-0.3, -0.25) is 4.79 Å².